The maximum absolute atomic E-state index is 11.7. The first-order chi connectivity index (χ1) is 12.5. The zero-order valence-corrected chi connectivity index (χ0v) is 16.6. The minimum absolute atomic E-state index is 0.228. The molecule has 0 saturated heterocycles. The highest BCUT2D eigenvalue weighted by atomic mass is 32.2. The number of nitrogens with zero attached hydrogens (tertiary/aromatic N) is 5. The molecule has 0 amide bonds. The third-order valence-electron chi connectivity index (χ3n) is 3.29. The van der Waals surface area contributed by atoms with Crippen LogP contribution >= 0.6 is 34.4 Å². The quantitative estimate of drug-likeness (QED) is 0.488. The van der Waals surface area contributed by atoms with E-state index in [1.807, 2.05) is 34.2 Å². The van der Waals surface area contributed by atoms with Gasteiger partial charge >= 0.3 is 0 Å². The Morgan fingerprint density at radius 2 is 2.04 bits per heavy atom. The van der Waals surface area contributed by atoms with Gasteiger partial charge in [-0.1, -0.05) is 17.4 Å². The van der Waals surface area contributed by atoms with Crippen LogP contribution in [0.15, 0.2) is 61.9 Å². The smallest absolute Gasteiger partial charge is 0.203 e. The van der Waals surface area contributed by atoms with Gasteiger partial charge in [0.15, 0.2) is 20.0 Å². The summed E-state index contributed by atoms with van der Waals surface area (Å²) in [4.78, 5) is 9.34. The van der Waals surface area contributed by atoms with Crippen molar-refractivity contribution in [2.45, 2.75) is 13.7 Å². The number of rotatable bonds is 5. The fraction of sp³-hybridized carbons (Fsp3) is 0.0667. The van der Waals surface area contributed by atoms with E-state index in [1.165, 1.54) is 24.2 Å². The molecule has 7 nitrogen and oxygen atoms in total. The third-order valence-corrected chi connectivity index (χ3v) is 7.96. The lowest BCUT2D eigenvalue weighted by atomic mass is 10.4. The number of pyridine rings is 1. The summed E-state index contributed by atoms with van der Waals surface area (Å²) in [6.45, 7) is 0. The molecule has 0 aliphatic heterocycles. The highest BCUT2D eigenvalue weighted by Gasteiger charge is 2.20. The predicted molar refractivity (Wildman–Crippen MR) is 102 cm³/mol. The van der Waals surface area contributed by atoms with Crippen LogP contribution in [0, 0.1) is 0 Å². The molecule has 26 heavy (non-hydrogen) atoms. The van der Waals surface area contributed by atoms with Crippen molar-refractivity contribution in [2.75, 3.05) is 6.26 Å². The van der Waals surface area contributed by atoms with Crippen molar-refractivity contribution in [3.63, 3.8) is 0 Å². The van der Waals surface area contributed by atoms with Crippen LogP contribution in [0.4, 0.5) is 0 Å². The van der Waals surface area contributed by atoms with Crippen LogP contribution in [-0.4, -0.2) is 39.4 Å². The first-order valence-electron chi connectivity index (χ1n) is 7.26. The second kappa shape index (κ2) is 6.91. The Morgan fingerprint density at radius 1 is 1.15 bits per heavy atom. The van der Waals surface area contributed by atoms with Crippen molar-refractivity contribution in [1.82, 2.24) is 24.7 Å². The average molecular weight is 422 g/mol. The Bertz CT molecular complexity index is 1130. The third kappa shape index (κ3) is 3.43. The monoisotopic (exact) mass is 421 g/mol. The number of hydrogen-bond donors (Lipinski definition) is 0. The Labute approximate surface area is 161 Å². The minimum Gasteiger partial charge on any atom is -0.267 e. The lowest BCUT2D eigenvalue weighted by Crippen LogP contribution is -1.99. The van der Waals surface area contributed by atoms with E-state index in [1.54, 1.807) is 23.7 Å². The van der Waals surface area contributed by atoms with Gasteiger partial charge in [-0.05, 0) is 35.3 Å². The first-order valence-corrected chi connectivity index (χ1v) is 11.7. The molecule has 4 heterocycles. The number of sulfone groups is 1. The van der Waals surface area contributed by atoms with Gasteiger partial charge in [0.25, 0.3) is 0 Å². The predicted octanol–water partition coefficient (Wildman–Crippen LogP) is 3.40. The fourth-order valence-corrected chi connectivity index (χ4v) is 5.77. The lowest BCUT2D eigenvalue weighted by molar-refractivity contribution is 0.603. The summed E-state index contributed by atoms with van der Waals surface area (Å²) >= 11 is 3.95. The largest absolute Gasteiger partial charge is 0.267 e. The maximum Gasteiger partial charge on any atom is 0.203 e. The standard InChI is InChI=1S/C15H11N5O2S4/c1-26(21,22)12-9-17-15(24-12)25-14-19-18-13(11-5-3-7-23-11)20(14)10-4-2-6-16-8-10/h2-9H,1H3. The summed E-state index contributed by atoms with van der Waals surface area (Å²) in [5.41, 5.74) is 0.822. The second-order valence-electron chi connectivity index (χ2n) is 5.15. The molecule has 0 aromatic carbocycles. The minimum atomic E-state index is -3.28. The number of thiazole rings is 1. The molecular weight excluding hydrogens is 410 g/mol. The van der Waals surface area contributed by atoms with E-state index in [4.69, 9.17) is 0 Å². The molecule has 0 radical (unpaired) electrons. The Morgan fingerprint density at radius 3 is 2.69 bits per heavy atom. The van der Waals surface area contributed by atoms with E-state index in [-0.39, 0.29) is 4.21 Å². The van der Waals surface area contributed by atoms with E-state index >= 15 is 0 Å². The van der Waals surface area contributed by atoms with Crippen molar-refractivity contribution in [2.24, 2.45) is 0 Å². The lowest BCUT2D eigenvalue weighted by Gasteiger charge is -2.07. The van der Waals surface area contributed by atoms with Gasteiger partial charge in [0.1, 0.15) is 4.21 Å². The SMILES string of the molecule is CS(=O)(=O)c1cnc(Sc2nnc(-c3cccs3)n2-c2cccnc2)s1. The van der Waals surface area contributed by atoms with Crippen LogP contribution in [0.25, 0.3) is 16.4 Å². The zero-order chi connectivity index (χ0) is 18.1. The van der Waals surface area contributed by atoms with Crippen molar-refractivity contribution >= 4 is 44.3 Å². The van der Waals surface area contributed by atoms with Crippen LogP contribution in [0.2, 0.25) is 0 Å². The molecule has 4 aromatic rings. The summed E-state index contributed by atoms with van der Waals surface area (Å²) in [6, 6.07) is 7.68. The molecule has 0 saturated carbocycles. The zero-order valence-electron chi connectivity index (χ0n) is 13.3. The molecule has 0 spiro atoms. The molecule has 0 aliphatic rings. The van der Waals surface area contributed by atoms with Gasteiger partial charge in [-0.3, -0.25) is 9.55 Å². The van der Waals surface area contributed by atoms with Crippen LogP contribution < -0.4 is 0 Å². The van der Waals surface area contributed by atoms with Gasteiger partial charge < -0.3 is 0 Å². The van der Waals surface area contributed by atoms with Crippen LogP contribution in [-0.2, 0) is 9.84 Å². The molecular formula is C15H11N5O2S4. The topological polar surface area (TPSA) is 90.6 Å². The van der Waals surface area contributed by atoms with Gasteiger partial charge in [0.2, 0.25) is 5.16 Å². The second-order valence-corrected chi connectivity index (χ2v) is 10.6. The molecule has 0 N–H and O–H groups in total. The van der Waals surface area contributed by atoms with Crippen molar-refractivity contribution in [1.29, 1.82) is 0 Å². The highest BCUT2D eigenvalue weighted by molar-refractivity contribution is 8.01. The van der Waals surface area contributed by atoms with E-state index in [9.17, 15) is 8.42 Å². The Kier molecular flexibility index (Phi) is 4.61. The number of hydrogen-bond acceptors (Lipinski definition) is 9. The molecule has 0 unspecified atom stereocenters. The molecule has 4 aromatic heterocycles. The molecule has 0 bridgehead atoms. The molecule has 11 heteroatoms. The summed E-state index contributed by atoms with van der Waals surface area (Å²) < 4.78 is 26.0. The van der Waals surface area contributed by atoms with Gasteiger partial charge in [-0.15, -0.1) is 21.5 Å². The summed E-state index contributed by atoms with van der Waals surface area (Å²) in [5, 5.41) is 11.2. The van der Waals surface area contributed by atoms with E-state index in [2.05, 4.69) is 20.2 Å². The molecule has 0 fully saturated rings. The molecule has 0 aliphatic carbocycles. The van der Waals surface area contributed by atoms with Crippen LogP contribution in [0.3, 0.4) is 0 Å². The maximum atomic E-state index is 11.7. The fourth-order valence-electron chi connectivity index (χ4n) is 2.16. The normalized spacial score (nSPS) is 11.7. The Balaban J connectivity index is 1.78. The summed E-state index contributed by atoms with van der Waals surface area (Å²) in [5.74, 6) is 0.704. The molecule has 0 atom stereocenters. The van der Waals surface area contributed by atoms with E-state index < -0.39 is 9.84 Å². The van der Waals surface area contributed by atoms with E-state index in [0.717, 1.165) is 21.9 Å². The Hall–Kier alpha value is -2.08. The van der Waals surface area contributed by atoms with Gasteiger partial charge in [0.05, 0.1) is 23.0 Å². The number of aromatic nitrogens is 5. The van der Waals surface area contributed by atoms with E-state index in [0.29, 0.717) is 15.3 Å². The average Bonchev–Trinajstić information content (AvgIpc) is 3.36. The highest BCUT2D eigenvalue weighted by Crippen LogP contribution is 2.36. The van der Waals surface area contributed by atoms with Crippen LogP contribution in [0.1, 0.15) is 0 Å². The van der Waals surface area contributed by atoms with Crippen molar-refractivity contribution in [3.8, 4) is 16.4 Å². The molecule has 4 rings (SSSR count). The molecule has 132 valence electrons. The summed E-state index contributed by atoms with van der Waals surface area (Å²) in [7, 11) is -3.28. The van der Waals surface area contributed by atoms with Gasteiger partial charge in [-0.25, -0.2) is 13.4 Å². The van der Waals surface area contributed by atoms with Crippen LogP contribution in [0.5, 0.6) is 0 Å². The van der Waals surface area contributed by atoms with Crippen molar-refractivity contribution in [3.05, 3.63) is 48.2 Å². The van der Waals surface area contributed by atoms with Gasteiger partial charge in [-0.2, -0.15) is 0 Å². The summed E-state index contributed by atoms with van der Waals surface area (Å²) in [6.07, 6.45) is 5.97. The first kappa shape index (κ1) is 17.3. The van der Waals surface area contributed by atoms with Gasteiger partial charge in [0, 0.05) is 12.5 Å². The van der Waals surface area contributed by atoms with Crippen molar-refractivity contribution < 1.29 is 8.42 Å². The number of thiophene rings is 1.